The standard InChI is InChI=1S/C20H23ClN2O/c1-15-6-5-7-17(14-15)20(24)23-12-10-22(11-13-23)16(2)18-8-3-4-9-19(18)21/h3-9,14,16H,10-13H2,1-2H3. The zero-order valence-corrected chi connectivity index (χ0v) is 15.0. The highest BCUT2D eigenvalue weighted by atomic mass is 35.5. The number of benzene rings is 2. The van der Waals surface area contributed by atoms with Crippen LogP contribution in [0.1, 0.15) is 34.5 Å². The van der Waals surface area contributed by atoms with Crippen LogP contribution in [0.5, 0.6) is 0 Å². The number of piperazine rings is 1. The summed E-state index contributed by atoms with van der Waals surface area (Å²) in [6.07, 6.45) is 0. The highest BCUT2D eigenvalue weighted by Crippen LogP contribution is 2.28. The quantitative estimate of drug-likeness (QED) is 0.836. The van der Waals surface area contributed by atoms with Gasteiger partial charge in [-0.3, -0.25) is 9.69 Å². The lowest BCUT2D eigenvalue weighted by Gasteiger charge is -2.38. The molecule has 1 unspecified atom stereocenters. The fourth-order valence-corrected chi connectivity index (χ4v) is 3.58. The third-order valence-corrected chi connectivity index (χ3v) is 5.11. The average molecular weight is 343 g/mol. The van der Waals surface area contributed by atoms with Gasteiger partial charge in [-0.15, -0.1) is 0 Å². The van der Waals surface area contributed by atoms with E-state index in [1.54, 1.807) is 0 Å². The minimum absolute atomic E-state index is 0.128. The Balaban J connectivity index is 1.63. The first-order valence-electron chi connectivity index (χ1n) is 8.40. The molecule has 0 aliphatic carbocycles. The number of nitrogens with zero attached hydrogens (tertiary/aromatic N) is 2. The molecule has 1 fully saturated rings. The molecule has 0 aromatic heterocycles. The Kier molecular flexibility index (Phi) is 5.22. The first-order valence-corrected chi connectivity index (χ1v) is 8.78. The molecule has 0 radical (unpaired) electrons. The molecular formula is C20H23ClN2O. The number of halogens is 1. The first-order chi connectivity index (χ1) is 11.6. The highest BCUT2D eigenvalue weighted by molar-refractivity contribution is 6.31. The number of hydrogen-bond acceptors (Lipinski definition) is 2. The Bertz CT molecular complexity index is 723. The summed E-state index contributed by atoms with van der Waals surface area (Å²) in [5.41, 5.74) is 3.05. The molecule has 3 rings (SSSR count). The second-order valence-electron chi connectivity index (χ2n) is 6.40. The van der Waals surface area contributed by atoms with Crippen molar-refractivity contribution in [2.24, 2.45) is 0 Å². The number of carbonyl (C=O) groups excluding carboxylic acids is 1. The van der Waals surface area contributed by atoms with Gasteiger partial charge in [-0.05, 0) is 37.6 Å². The van der Waals surface area contributed by atoms with Crippen LogP contribution in [-0.2, 0) is 0 Å². The minimum atomic E-state index is 0.128. The molecule has 24 heavy (non-hydrogen) atoms. The van der Waals surface area contributed by atoms with Crippen LogP contribution in [0, 0.1) is 6.92 Å². The molecule has 0 spiro atoms. The van der Waals surface area contributed by atoms with Crippen molar-refractivity contribution in [2.75, 3.05) is 26.2 Å². The summed E-state index contributed by atoms with van der Waals surface area (Å²) >= 11 is 6.32. The Morgan fingerprint density at radius 1 is 1.04 bits per heavy atom. The second kappa shape index (κ2) is 7.37. The van der Waals surface area contributed by atoms with E-state index in [0.29, 0.717) is 0 Å². The molecule has 1 saturated heterocycles. The maximum atomic E-state index is 12.6. The van der Waals surface area contributed by atoms with Gasteiger partial charge in [0.25, 0.3) is 5.91 Å². The van der Waals surface area contributed by atoms with Crippen molar-refractivity contribution >= 4 is 17.5 Å². The number of hydrogen-bond donors (Lipinski definition) is 0. The molecule has 0 N–H and O–H groups in total. The first kappa shape index (κ1) is 17.0. The van der Waals surface area contributed by atoms with E-state index in [0.717, 1.165) is 47.9 Å². The fourth-order valence-electron chi connectivity index (χ4n) is 3.28. The maximum Gasteiger partial charge on any atom is 0.253 e. The van der Waals surface area contributed by atoms with E-state index < -0.39 is 0 Å². The van der Waals surface area contributed by atoms with E-state index in [4.69, 9.17) is 11.6 Å². The lowest BCUT2D eigenvalue weighted by atomic mass is 10.1. The highest BCUT2D eigenvalue weighted by Gasteiger charge is 2.26. The predicted octanol–water partition coefficient (Wildman–Crippen LogP) is 4.17. The molecule has 0 bridgehead atoms. The molecule has 1 amide bonds. The van der Waals surface area contributed by atoms with Crippen LogP contribution in [0.15, 0.2) is 48.5 Å². The van der Waals surface area contributed by atoms with Gasteiger partial charge in [0.05, 0.1) is 0 Å². The van der Waals surface area contributed by atoms with Crippen molar-refractivity contribution in [1.29, 1.82) is 0 Å². The lowest BCUT2D eigenvalue weighted by molar-refractivity contribution is 0.0582. The van der Waals surface area contributed by atoms with Crippen LogP contribution in [0.3, 0.4) is 0 Å². The van der Waals surface area contributed by atoms with Crippen LogP contribution in [0.2, 0.25) is 5.02 Å². The van der Waals surface area contributed by atoms with Gasteiger partial charge in [-0.2, -0.15) is 0 Å². The van der Waals surface area contributed by atoms with Crippen LogP contribution in [-0.4, -0.2) is 41.9 Å². The molecule has 1 aliphatic heterocycles. The Hall–Kier alpha value is -1.84. The van der Waals surface area contributed by atoms with Crippen LogP contribution >= 0.6 is 11.6 Å². The normalized spacial score (nSPS) is 16.9. The molecule has 2 aromatic carbocycles. The summed E-state index contributed by atoms with van der Waals surface area (Å²) in [6.45, 7) is 7.43. The summed E-state index contributed by atoms with van der Waals surface area (Å²) in [4.78, 5) is 17.0. The van der Waals surface area contributed by atoms with Crippen LogP contribution in [0.25, 0.3) is 0 Å². The Morgan fingerprint density at radius 3 is 2.42 bits per heavy atom. The fraction of sp³-hybridized carbons (Fsp3) is 0.350. The SMILES string of the molecule is Cc1cccc(C(=O)N2CCN(C(C)c3ccccc3Cl)CC2)c1. The van der Waals surface area contributed by atoms with E-state index in [2.05, 4.69) is 17.9 Å². The number of amides is 1. The largest absolute Gasteiger partial charge is 0.336 e. The summed E-state index contributed by atoms with van der Waals surface area (Å²) < 4.78 is 0. The monoisotopic (exact) mass is 342 g/mol. The van der Waals surface area contributed by atoms with Crippen molar-refractivity contribution < 1.29 is 4.79 Å². The molecule has 0 saturated carbocycles. The third-order valence-electron chi connectivity index (χ3n) is 4.77. The van der Waals surface area contributed by atoms with Gasteiger partial charge < -0.3 is 4.90 Å². The third kappa shape index (κ3) is 3.63. The predicted molar refractivity (Wildman–Crippen MR) is 98.5 cm³/mol. The van der Waals surface area contributed by atoms with E-state index in [1.807, 2.05) is 54.3 Å². The number of aryl methyl sites for hydroxylation is 1. The van der Waals surface area contributed by atoms with Gasteiger partial charge in [0.2, 0.25) is 0 Å². The Labute approximate surface area is 148 Å². The van der Waals surface area contributed by atoms with E-state index in [9.17, 15) is 4.79 Å². The zero-order valence-electron chi connectivity index (χ0n) is 14.2. The summed E-state index contributed by atoms with van der Waals surface area (Å²) in [7, 11) is 0. The van der Waals surface area contributed by atoms with Gasteiger partial charge in [-0.1, -0.05) is 47.5 Å². The Morgan fingerprint density at radius 2 is 1.75 bits per heavy atom. The van der Waals surface area contributed by atoms with Crippen LogP contribution < -0.4 is 0 Å². The van der Waals surface area contributed by atoms with Crippen molar-refractivity contribution in [3.8, 4) is 0 Å². The maximum absolute atomic E-state index is 12.6. The lowest BCUT2D eigenvalue weighted by Crippen LogP contribution is -2.49. The van der Waals surface area contributed by atoms with E-state index >= 15 is 0 Å². The topological polar surface area (TPSA) is 23.6 Å². The number of carbonyl (C=O) groups is 1. The van der Waals surface area contributed by atoms with Gasteiger partial charge in [-0.25, -0.2) is 0 Å². The van der Waals surface area contributed by atoms with E-state index in [1.165, 1.54) is 0 Å². The summed E-state index contributed by atoms with van der Waals surface area (Å²) in [5.74, 6) is 0.128. The van der Waals surface area contributed by atoms with Crippen molar-refractivity contribution in [3.05, 3.63) is 70.2 Å². The molecule has 126 valence electrons. The zero-order chi connectivity index (χ0) is 17.1. The smallest absolute Gasteiger partial charge is 0.253 e. The van der Waals surface area contributed by atoms with Crippen molar-refractivity contribution in [1.82, 2.24) is 9.80 Å². The van der Waals surface area contributed by atoms with Crippen molar-refractivity contribution in [3.63, 3.8) is 0 Å². The molecule has 4 heteroatoms. The summed E-state index contributed by atoms with van der Waals surface area (Å²) in [6, 6.07) is 16.1. The molecule has 1 atom stereocenters. The molecule has 1 aliphatic rings. The van der Waals surface area contributed by atoms with E-state index in [-0.39, 0.29) is 11.9 Å². The molecule has 1 heterocycles. The minimum Gasteiger partial charge on any atom is -0.336 e. The van der Waals surface area contributed by atoms with Crippen molar-refractivity contribution in [2.45, 2.75) is 19.9 Å². The van der Waals surface area contributed by atoms with Crippen LogP contribution in [0.4, 0.5) is 0 Å². The molecular weight excluding hydrogens is 320 g/mol. The van der Waals surface area contributed by atoms with Gasteiger partial charge in [0.15, 0.2) is 0 Å². The van der Waals surface area contributed by atoms with Gasteiger partial charge in [0, 0.05) is 42.8 Å². The second-order valence-corrected chi connectivity index (χ2v) is 6.80. The molecule has 2 aromatic rings. The van der Waals surface area contributed by atoms with Gasteiger partial charge >= 0.3 is 0 Å². The van der Waals surface area contributed by atoms with Gasteiger partial charge in [0.1, 0.15) is 0 Å². The summed E-state index contributed by atoms with van der Waals surface area (Å²) in [5, 5.41) is 0.809. The number of rotatable bonds is 3. The average Bonchev–Trinajstić information content (AvgIpc) is 2.61. The molecule has 3 nitrogen and oxygen atoms in total.